The lowest BCUT2D eigenvalue weighted by Crippen LogP contribution is -2.53. The molecule has 23 heavy (non-hydrogen) atoms. The molecule has 1 heterocycles. The summed E-state index contributed by atoms with van der Waals surface area (Å²) in [6.07, 6.45) is 2.13. The van der Waals surface area contributed by atoms with Crippen LogP contribution >= 0.6 is 28.3 Å². The Balaban J connectivity index is 0.00000264. The lowest BCUT2D eigenvalue weighted by molar-refractivity contribution is -0.139. The van der Waals surface area contributed by atoms with Crippen molar-refractivity contribution < 1.29 is 9.53 Å². The number of hydrogen-bond acceptors (Lipinski definition) is 3. The first-order valence-electron chi connectivity index (χ1n) is 7.87. The third-order valence-electron chi connectivity index (χ3n) is 4.25. The minimum absolute atomic E-state index is 0. The number of ether oxygens (including phenoxy) is 1. The standard InChI is InChI=1S/C17H25BrN2O2.ClH/c1-3-22-12-13-5-4-10-20(11-13)16(21)17(2,19)14-6-8-15(18)9-7-14;/h6-9,13H,3-5,10-12,19H2,1-2H3;1H. The van der Waals surface area contributed by atoms with Crippen LogP contribution < -0.4 is 5.73 Å². The first-order valence-corrected chi connectivity index (χ1v) is 8.66. The highest BCUT2D eigenvalue weighted by Crippen LogP contribution is 2.26. The van der Waals surface area contributed by atoms with Crippen LogP contribution in [0.5, 0.6) is 0 Å². The van der Waals surface area contributed by atoms with Gasteiger partial charge in [-0.1, -0.05) is 28.1 Å². The van der Waals surface area contributed by atoms with Gasteiger partial charge < -0.3 is 15.4 Å². The summed E-state index contributed by atoms with van der Waals surface area (Å²) in [5.74, 6) is 0.411. The van der Waals surface area contributed by atoms with Crippen molar-refractivity contribution in [3.05, 3.63) is 34.3 Å². The van der Waals surface area contributed by atoms with Crippen molar-refractivity contribution in [2.75, 3.05) is 26.3 Å². The second-order valence-electron chi connectivity index (χ2n) is 6.13. The predicted molar refractivity (Wildman–Crippen MR) is 98.7 cm³/mol. The minimum atomic E-state index is -0.992. The van der Waals surface area contributed by atoms with Gasteiger partial charge in [0.25, 0.3) is 0 Å². The number of carbonyl (C=O) groups excluding carboxylic acids is 1. The molecule has 130 valence electrons. The molecular weight excluding hydrogens is 380 g/mol. The van der Waals surface area contributed by atoms with E-state index in [1.165, 1.54) is 0 Å². The van der Waals surface area contributed by atoms with Crippen LogP contribution in [0, 0.1) is 5.92 Å². The van der Waals surface area contributed by atoms with Crippen LogP contribution in [0.4, 0.5) is 0 Å². The van der Waals surface area contributed by atoms with E-state index in [-0.39, 0.29) is 18.3 Å². The van der Waals surface area contributed by atoms with Crippen LogP contribution in [0.15, 0.2) is 28.7 Å². The molecule has 2 N–H and O–H groups in total. The van der Waals surface area contributed by atoms with Gasteiger partial charge in [0.1, 0.15) is 5.54 Å². The quantitative estimate of drug-likeness (QED) is 0.817. The number of carbonyl (C=O) groups is 1. The number of halogens is 2. The van der Waals surface area contributed by atoms with Gasteiger partial charge in [-0.15, -0.1) is 12.4 Å². The second-order valence-corrected chi connectivity index (χ2v) is 7.04. The summed E-state index contributed by atoms with van der Waals surface area (Å²) >= 11 is 3.41. The third kappa shape index (κ3) is 5.18. The van der Waals surface area contributed by atoms with Gasteiger partial charge in [-0.2, -0.15) is 0 Å². The van der Waals surface area contributed by atoms with E-state index in [2.05, 4.69) is 15.9 Å². The first kappa shape index (κ1) is 20.4. The summed E-state index contributed by atoms with van der Waals surface area (Å²) in [7, 11) is 0. The van der Waals surface area contributed by atoms with E-state index in [0.29, 0.717) is 5.92 Å². The molecule has 0 aromatic heterocycles. The van der Waals surface area contributed by atoms with Gasteiger partial charge in [-0.05, 0) is 50.3 Å². The van der Waals surface area contributed by atoms with Crippen LogP contribution in [-0.2, 0) is 15.1 Å². The van der Waals surface area contributed by atoms with Crippen molar-refractivity contribution in [3.8, 4) is 0 Å². The number of benzene rings is 1. The average molecular weight is 406 g/mol. The van der Waals surface area contributed by atoms with Crippen molar-refractivity contribution in [1.82, 2.24) is 4.90 Å². The Morgan fingerprint density at radius 3 is 2.70 bits per heavy atom. The fourth-order valence-corrected chi connectivity index (χ4v) is 3.18. The van der Waals surface area contributed by atoms with Gasteiger partial charge in [-0.3, -0.25) is 4.79 Å². The van der Waals surface area contributed by atoms with E-state index in [9.17, 15) is 4.79 Å². The number of nitrogens with zero attached hydrogens (tertiary/aromatic N) is 1. The van der Waals surface area contributed by atoms with E-state index in [4.69, 9.17) is 10.5 Å². The highest BCUT2D eigenvalue weighted by atomic mass is 79.9. The Hall–Kier alpha value is -0.620. The van der Waals surface area contributed by atoms with E-state index in [0.717, 1.165) is 49.2 Å². The Morgan fingerprint density at radius 2 is 2.09 bits per heavy atom. The normalized spacial score (nSPS) is 20.5. The van der Waals surface area contributed by atoms with Gasteiger partial charge in [-0.25, -0.2) is 0 Å². The Morgan fingerprint density at radius 1 is 1.43 bits per heavy atom. The molecular formula is C17H26BrClN2O2. The number of nitrogens with two attached hydrogens (primary N) is 1. The molecule has 4 nitrogen and oxygen atoms in total. The van der Waals surface area contributed by atoms with Gasteiger partial charge in [0.2, 0.25) is 5.91 Å². The SMILES string of the molecule is CCOCC1CCCN(C(=O)C(C)(N)c2ccc(Br)cc2)C1.Cl. The van der Waals surface area contributed by atoms with E-state index in [1.807, 2.05) is 36.1 Å². The summed E-state index contributed by atoms with van der Waals surface area (Å²) in [5.41, 5.74) is 6.22. The molecule has 2 unspecified atom stereocenters. The molecule has 1 aliphatic rings. The molecule has 1 aliphatic heterocycles. The molecule has 0 spiro atoms. The Bertz CT molecular complexity index is 508. The monoisotopic (exact) mass is 404 g/mol. The summed E-state index contributed by atoms with van der Waals surface area (Å²) in [5, 5.41) is 0. The number of rotatable bonds is 5. The summed E-state index contributed by atoms with van der Waals surface area (Å²) in [4.78, 5) is 14.8. The molecule has 0 aliphatic carbocycles. The van der Waals surface area contributed by atoms with Gasteiger partial charge >= 0.3 is 0 Å². The van der Waals surface area contributed by atoms with Crippen molar-refractivity contribution in [1.29, 1.82) is 0 Å². The molecule has 2 rings (SSSR count). The predicted octanol–water partition coefficient (Wildman–Crippen LogP) is 3.32. The van der Waals surface area contributed by atoms with Crippen molar-refractivity contribution in [2.45, 2.75) is 32.2 Å². The number of hydrogen-bond donors (Lipinski definition) is 1. The lowest BCUT2D eigenvalue weighted by Gasteiger charge is -2.37. The summed E-state index contributed by atoms with van der Waals surface area (Å²) in [6.45, 7) is 6.76. The molecule has 0 saturated carbocycles. The third-order valence-corrected chi connectivity index (χ3v) is 4.78. The lowest BCUT2D eigenvalue weighted by atomic mass is 9.89. The maximum Gasteiger partial charge on any atom is 0.246 e. The van der Waals surface area contributed by atoms with Crippen LogP contribution in [-0.4, -0.2) is 37.1 Å². The first-order chi connectivity index (χ1) is 10.4. The molecule has 1 fully saturated rings. The largest absolute Gasteiger partial charge is 0.381 e. The van der Waals surface area contributed by atoms with Crippen molar-refractivity contribution >= 4 is 34.2 Å². The fourth-order valence-electron chi connectivity index (χ4n) is 2.92. The highest BCUT2D eigenvalue weighted by molar-refractivity contribution is 9.10. The second kappa shape index (κ2) is 9.02. The number of amides is 1. The molecule has 6 heteroatoms. The summed E-state index contributed by atoms with van der Waals surface area (Å²) in [6, 6.07) is 7.65. The Labute approximate surface area is 153 Å². The summed E-state index contributed by atoms with van der Waals surface area (Å²) < 4.78 is 6.49. The zero-order valence-electron chi connectivity index (χ0n) is 13.8. The van der Waals surface area contributed by atoms with Gasteiger partial charge in [0.05, 0.1) is 6.61 Å². The fraction of sp³-hybridized carbons (Fsp3) is 0.588. The highest BCUT2D eigenvalue weighted by Gasteiger charge is 2.36. The molecule has 2 atom stereocenters. The minimum Gasteiger partial charge on any atom is -0.381 e. The van der Waals surface area contributed by atoms with Crippen molar-refractivity contribution in [2.24, 2.45) is 11.7 Å². The molecule has 1 aromatic carbocycles. The zero-order valence-corrected chi connectivity index (χ0v) is 16.2. The smallest absolute Gasteiger partial charge is 0.246 e. The molecule has 1 saturated heterocycles. The van der Waals surface area contributed by atoms with Crippen LogP contribution in [0.2, 0.25) is 0 Å². The van der Waals surface area contributed by atoms with Gasteiger partial charge in [0, 0.05) is 24.2 Å². The van der Waals surface area contributed by atoms with E-state index in [1.54, 1.807) is 6.92 Å². The number of likely N-dealkylation sites (tertiary alicyclic amines) is 1. The molecule has 0 radical (unpaired) electrons. The van der Waals surface area contributed by atoms with E-state index < -0.39 is 5.54 Å². The molecule has 1 aromatic rings. The van der Waals surface area contributed by atoms with Crippen molar-refractivity contribution in [3.63, 3.8) is 0 Å². The van der Waals surface area contributed by atoms with Crippen LogP contribution in [0.25, 0.3) is 0 Å². The van der Waals surface area contributed by atoms with Crippen LogP contribution in [0.1, 0.15) is 32.3 Å². The topological polar surface area (TPSA) is 55.6 Å². The molecule has 1 amide bonds. The van der Waals surface area contributed by atoms with Crippen LogP contribution in [0.3, 0.4) is 0 Å². The van der Waals surface area contributed by atoms with Gasteiger partial charge in [0.15, 0.2) is 0 Å². The van der Waals surface area contributed by atoms with E-state index >= 15 is 0 Å². The average Bonchev–Trinajstić information content (AvgIpc) is 2.53. The number of piperidine rings is 1. The Kier molecular flexibility index (Phi) is 8.01. The zero-order chi connectivity index (χ0) is 16.2. The maximum absolute atomic E-state index is 12.9. The maximum atomic E-state index is 12.9. The molecule has 0 bridgehead atoms.